The molecule has 0 aliphatic carbocycles. The highest BCUT2D eigenvalue weighted by molar-refractivity contribution is 8.01. The van der Waals surface area contributed by atoms with Gasteiger partial charge in [0, 0.05) is 18.1 Å². The van der Waals surface area contributed by atoms with Gasteiger partial charge in [0.15, 0.2) is 6.29 Å². The number of fused-ring (bicyclic) bond motifs is 1. The average Bonchev–Trinajstić information content (AvgIpc) is 2.89. The first-order valence-electron chi connectivity index (χ1n) is 7.00. The first kappa shape index (κ1) is 15.4. The molecule has 0 bridgehead atoms. The Balaban J connectivity index is 1.81. The van der Waals surface area contributed by atoms with Crippen LogP contribution in [0.15, 0.2) is 29.2 Å². The lowest BCUT2D eigenvalue weighted by molar-refractivity contribution is -0.140. The lowest BCUT2D eigenvalue weighted by Crippen LogP contribution is -2.39. The maximum atomic E-state index is 12.2. The molecule has 1 N–H and O–H groups in total. The van der Waals surface area contributed by atoms with Crippen LogP contribution in [0.5, 0.6) is 0 Å². The van der Waals surface area contributed by atoms with Gasteiger partial charge in [0.25, 0.3) is 0 Å². The number of carbonyl (C=O) groups is 1. The third kappa shape index (κ3) is 3.98. The normalized spacial score (nSPS) is 17.2. The van der Waals surface area contributed by atoms with Crippen molar-refractivity contribution < 1.29 is 14.3 Å². The second-order valence-electron chi connectivity index (χ2n) is 4.50. The molecule has 0 fully saturated rings. The number of hydrogen-bond acceptors (Lipinski definition) is 4. The second kappa shape index (κ2) is 7.67. The zero-order valence-electron chi connectivity index (χ0n) is 11.9. The number of carbonyl (C=O) groups excluding carboxylic acids is 1. The van der Waals surface area contributed by atoms with Gasteiger partial charge in [-0.25, -0.2) is 0 Å². The Kier molecular flexibility index (Phi) is 5.88. The van der Waals surface area contributed by atoms with Crippen LogP contribution in [-0.2, 0) is 20.7 Å². The number of ether oxygens (including phenoxy) is 2. The van der Waals surface area contributed by atoms with E-state index >= 15 is 0 Å². The molecule has 1 aliphatic rings. The van der Waals surface area contributed by atoms with E-state index in [1.54, 1.807) is 11.8 Å². The average molecular weight is 295 g/mol. The summed E-state index contributed by atoms with van der Waals surface area (Å²) in [5.74, 6) is 0.0515. The van der Waals surface area contributed by atoms with Crippen LogP contribution in [0.25, 0.3) is 0 Å². The lowest BCUT2D eigenvalue weighted by Gasteiger charge is -2.18. The van der Waals surface area contributed by atoms with E-state index in [9.17, 15) is 4.79 Å². The highest BCUT2D eigenvalue weighted by Crippen LogP contribution is 2.36. The summed E-state index contributed by atoms with van der Waals surface area (Å²) in [5.41, 5.74) is 1.25. The molecule has 110 valence electrons. The zero-order valence-corrected chi connectivity index (χ0v) is 12.7. The maximum Gasteiger partial charge on any atom is 0.234 e. The Morgan fingerprint density at radius 3 is 2.70 bits per heavy atom. The van der Waals surface area contributed by atoms with E-state index in [2.05, 4.69) is 17.4 Å². The van der Waals surface area contributed by atoms with E-state index in [0.717, 1.165) is 6.42 Å². The van der Waals surface area contributed by atoms with Gasteiger partial charge in [0.05, 0.1) is 11.8 Å². The summed E-state index contributed by atoms with van der Waals surface area (Å²) in [6.07, 6.45) is 0.434. The van der Waals surface area contributed by atoms with Crippen molar-refractivity contribution in [3.8, 4) is 0 Å². The van der Waals surface area contributed by atoms with Gasteiger partial charge in [-0.3, -0.25) is 4.79 Å². The Hall–Kier alpha value is -1.04. The van der Waals surface area contributed by atoms with E-state index in [4.69, 9.17) is 9.47 Å². The van der Waals surface area contributed by atoms with Gasteiger partial charge in [0.1, 0.15) is 0 Å². The van der Waals surface area contributed by atoms with Crippen molar-refractivity contribution in [1.29, 1.82) is 0 Å². The molecule has 0 saturated heterocycles. The molecule has 0 spiro atoms. The van der Waals surface area contributed by atoms with Crippen LogP contribution in [0.2, 0.25) is 0 Å². The Labute approximate surface area is 124 Å². The van der Waals surface area contributed by atoms with E-state index in [-0.39, 0.29) is 17.4 Å². The molecular formula is C15H21NO3S. The molecule has 1 unspecified atom stereocenters. The molecule has 0 saturated carbocycles. The second-order valence-corrected chi connectivity index (χ2v) is 5.75. The van der Waals surface area contributed by atoms with Gasteiger partial charge in [-0.2, -0.15) is 0 Å². The van der Waals surface area contributed by atoms with Crippen LogP contribution in [0.3, 0.4) is 0 Å². The van der Waals surface area contributed by atoms with Crippen molar-refractivity contribution >= 4 is 17.7 Å². The summed E-state index contributed by atoms with van der Waals surface area (Å²) in [4.78, 5) is 13.4. The Bertz CT molecular complexity index is 421. The lowest BCUT2D eigenvalue weighted by atomic mass is 10.1. The number of rotatable bonds is 7. The smallest absolute Gasteiger partial charge is 0.234 e. The standard InChI is InChI=1S/C15H21NO3S/c1-3-18-14(19-4-2)10-16-15(17)13-9-11-7-5-6-8-12(11)20-13/h5-8,13-14H,3-4,9-10H2,1-2H3,(H,16,17). The molecular weight excluding hydrogens is 274 g/mol. The van der Waals surface area contributed by atoms with E-state index in [0.29, 0.717) is 19.8 Å². The van der Waals surface area contributed by atoms with Crippen molar-refractivity contribution in [2.24, 2.45) is 0 Å². The monoisotopic (exact) mass is 295 g/mol. The fourth-order valence-electron chi connectivity index (χ4n) is 2.16. The fraction of sp³-hybridized carbons (Fsp3) is 0.533. The predicted molar refractivity (Wildman–Crippen MR) is 79.8 cm³/mol. The number of benzene rings is 1. The first-order chi connectivity index (χ1) is 9.74. The van der Waals surface area contributed by atoms with Gasteiger partial charge >= 0.3 is 0 Å². The summed E-state index contributed by atoms with van der Waals surface area (Å²) < 4.78 is 10.8. The molecule has 2 rings (SSSR count). The van der Waals surface area contributed by atoms with Crippen LogP contribution in [0, 0.1) is 0 Å². The van der Waals surface area contributed by atoms with Gasteiger partial charge in [-0.1, -0.05) is 18.2 Å². The van der Waals surface area contributed by atoms with E-state index in [1.165, 1.54) is 10.5 Å². The van der Waals surface area contributed by atoms with Crippen LogP contribution < -0.4 is 5.32 Å². The molecule has 1 atom stereocenters. The minimum absolute atomic E-state index is 0.0451. The maximum absolute atomic E-state index is 12.2. The van der Waals surface area contributed by atoms with E-state index < -0.39 is 0 Å². The van der Waals surface area contributed by atoms with Crippen molar-refractivity contribution in [1.82, 2.24) is 5.32 Å². The molecule has 0 radical (unpaired) electrons. The Morgan fingerprint density at radius 1 is 1.35 bits per heavy atom. The van der Waals surface area contributed by atoms with Crippen molar-refractivity contribution in [2.45, 2.75) is 36.7 Å². The van der Waals surface area contributed by atoms with Crippen molar-refractivity contribution in [2.75, 3.05) is 19.8 Å². The van der Waals surface area contributed by atoms with Crippen LogP contribution in [0.1, 0.15) is 19.4 Å². The predicted octanol–water partition coefficient (Wildman–Crippen LogP) is 2.22. The number of hydrogen-bond donors (Lipinski definition) is 1. The molecule has 1 aromatic rings. The van der Waals surface area contributed by atoms with Crippen molar-refractivity contribution in [3.63, 3.8) is 0 Å². The molecule has 4 nitrogen and oxygen atoms in total. The summed E-state index contributed by atoms with van der Waals surface area (Å²) >= 11 is 1.63. The zero-order chi connectivity index (χ0) is 14.4. The third-order valence-electron chi connectivity index (χ3n) is 3.09. The minimum Gasteiger partial charge on any atom is -0.351 e. The molecule has 1 heterocycles. The van der Waals surface area contributed by atoms with Gasteiger partial charge < -0.3 is 14.8 Å². The summed E-state index contributed by atoms with van der Waals surface area (Å²) in [6.45, 7) is 5.37. The molecule has 1 amide bonds. The third-order valence-corrected chi connectivity index (χ3v) is 4.41. The minimum atomic E-state index is -0.359. The van der Waals surface area contributed by atoms with Crippen LogP contribution in [-0.4, -0.2) is 37.2 Å². The van der Waals surface area contributed by atoms with Crippen LogP contribution >= 0.6 is 11.8 Å². The molecule has 5 heteroatoms. The molecule has 20 heavy (non-hydrogen) atoms. The molecule has 1 aromatic carbocycles. The largest absolute Gasteiger partial charge is 0.351 e. The topological polar surface area (TPSA) is 47.6 Å². The number of thioether (sulfide) groups is 1. The highest BCUT2D eigenvalue weighted by Gasteiger charge is 2.28. The number of amides is 1. The fourth-order valence-corrected chi connectivity index (χ4v) is 3.38. The van der Waals surface area contributed by atoms with Crippen LogP contribution in [0.4, 0.5) is 0 Å². The number of nitrogens with one attached hydrogen (secondary N) is 1. The highest BCUT2D eigenvalue weighted by atomic mass is 32.2. The SMILES string of the molecule is CCOC(CNC(=O)C1Cc2ccccc2S1)OCC. The van der Waals surface area contributed by atoms with Crippen molar-refractivity contribution in [3.05, 3.63) is 29.8 Å². The summed E-state index contributed by atoms with van der Waals surface area (Å²) in [5, 5.41) is 2.87. The van der Waals surface area contributed by atoms with Gasteiger partial charge in [0.2, 0.25) is 5.91 Å². The Morgan fingerprint density at radius 2 is 2.05 bits per heavy atom. The summed E-state index contributed by atoms with van der Waals surface area (Å²) in [7, 11) is 0. The first-order valence-corrected chi connectivity index (χ1v) is 7.88. The quantitative estimate of drug-likeness (QED) is 0.784. The van der Waals surface area contributed by atoms with E-state index in [1.807, 2.05) is 26.0 Å². The van der Waals surface area contributed by atoms with Gasteiger partial charge in [-0.05, 0) is 31.9 Å². The van der Waals surface area contributed by atoms with Gasteiger partial charge in [-0.15, -0.1) is 11.8 Å². The molecule has 1 aliphatic heterocycles. The molecule has 0 aromatic heterocycles. The summed E-state index contributed by atoms with van der Waals surface area (Å²) in [6, 6.07) is 8.17.